The first kappa shape index (κ1) is 15.4. The first-order valence-corrected chi connectivity index (χ1v) is 8.12. The van der Waals surface area contributed by atoms with Crippen LogP contribution in [0.25, 0.3) is 11.2 Å². The van der Waals surface area contributed by atoms with Gasteiger partial charge in [-0.3, -0.25) is 4.79 Å². The summed E-state index contributed by atoms with van der Waals surface area (Å²) in [5.41, 5.74) is 8.39. The summed E-state index contributed by atoms with van der Waals surface area (Å²) in [4.78, 5) is 33.7. The number of amides is 1. The van der Waals surface area contributed by atoms with Crippen LogP contribution in [-0.4, -0.2) is 35.4 Å². The van der Waals surface area contributed by atoms with Crippen LogP contribution in [0.5, 0.6) is 0 Å². The SMILES string of the molecule is Cc1ncc(NC(=O)C(C)n2cnc3c(N)ncnc32)c(C2CC2)n1. The van der Waals surface area contributed by atoms with E-state index in [1.807, 2.05) is 6.92 Å². The number of nitrogens with one attached hydrogen (secondary N) is 1. The quantitative estimate of drug-likeness (QED) is 0.740. The molecule has 1 saturated carbocycles. The highest BCUT2D eigenvalue weighted by atomic mass is 16.2. The van der Waals surface area contributed by atoms with Gasteiger partial charge < -0.3 is 15.6 Å². The average molecular weight is 338 g/mol. The fourth-order valence-electron chi connectivity index (χ4n) is 2.77. The van der Waals surface area contributed by atoms with Gasteiger partial charge in [-0.2, -0.15) is 0 Å². The number of hydrogen-bond acceptors (Lipinski definition) is 7. The molecule has 9 heteroatoms. The van der Waals surface area contributed by atoms with Crippen molar-refractivity contribution in [1.82, 2.24) is 29.5 Å². The number of rotatable bonds is 4. The number of hydrogen-bond donors (Lipinski definition) is 2. The Morgan fingerprint density at radius 2 is 2.12 bits per heavy atom. The minimum Gasteiger partial charge on any atom is -0.382 e. The highest BCUT2D eigenvalue weighted by Gasteiger charge is 2.29. The van der Waals surface area contributed by atoms with Gasteiger partial charge in [0, 0.05) is 5.92 Å². The molecule has 128 valence electrons. The Bertz CT molecular complexity index is 962. The van der Waals surface area contributed by atoms with E-state index in [2.05, 4.69) is 30.2 Å². The molecule has 0 spiro atoms. The lowest BCUT2D eigenvalue weighted by atomic mass is 10.2. The fraction of sp³-hybridized carbons (Fsp3) is 0.375. The van der Waals surface area contributed by atoms with Crippen molar-refractivity contribution in [2.75, 3.05) is 11.1 Å². The summed E-state index contributed by atoms with van der Waals surface area (Å²) < 4.78 is 1.68. The normalized spacial score (nSPS) is 15.3. The summed E-state index contributed by atoms with van der Waals surface area (Å²) in [6.07, 6.45) is 6.77. The van der Waals surface area contributed by atoms with E-state index in [0.717, 1.165) is 18.5 Å². The monoisotopic (exact) mass is 338 g/mol. The molecule has 1 atom stereocenters. The van der Waals surface area contributed by atoms with Gasteiger partial charge in [0.05, 0.1) is 23.9 Å². The lowest BCUT2D eigenvalue weighted by Gasteiger charge is -2.15. The van der Waals surface area contributed by atoms with Gasteiger partial charge in [-0.25, -0.2) is 24.9 Å². The Morgan fingerprint density at radius 1 is 1.32 bits per heavy atom. The number of nitrogen functional groups attached to an aromatic ring is 1. The van der Waals surface area contributed by atoms with Gasteiger partial charge in [0.2, 0.25) is 5.91 Å². The summed E-state index contributed by atoms with van der Waals surface area (Å²) in [6.45, 7) is 3.63. The van der Waals surface area contributed by atoms with Crippen LogP contribution in [0.4, 0.5) is 11.5 Å². The van der Waals surface area contributed by atoms with Crippen LogP contribution >= 0.6 is 0 Å². The van der Waals surface area contributed by atoms with E-state index in [1.165, 1.54) is 6.33 Å². The van der Waals surface area contributed by atoms with Crippen LogP contribution in [0.2, 0.25) is 0 Å². The molecule has 25 heavy (non-hydrogen) atoms. The number of aromatic nitrogens is 6. The molecule has 1 amide bonds. The first-order valence-electron chi connectivity index (χ1n) is 8.12. The van der Waals surface area contributed by atoms with Crippen molar-refractivity contribution in [1.29, 1.82) is 0 Å². The standard InChI is InChI=1S/C16H18N8O/c1-8(24-7-21-13-14(17)19-6-20-15(13)24)16(25)23-11-5-18-9(2)22-12(11)10-3-4-10/h5-8,10H,3-4H2,1-2H3,(H,23,25)(H2,17,19,20). The van der Waals surface area contributed by atoms with Crippen LogP contribution in [0.1, 0.15) is 43.2 Å². The summed E-state index contributed by atoms with van der Waals surface area (Å²) in [6, 6.07) is -0.521. The zero-order valence-corrected chi connectivity index (χ0v) is 14.0. The molecule has 0 aliphatic heterocycles. The minimum atomic E-state index is -0.521. The zero-order chi connectivity index (χ0) is 17.6. The molecule has 4 rings (SSSR count). The average Bonchev–Trinajstić information content (AvgIpc) is 3.35. The summed E-state index contributed by atoms with van der Waals surface area (Å²) in [5, 5.41) is 2.94. The van der Waals surface area contributed by atoms with E-state index in [0.29, 0.717) is 34.4 Å². The van der Waals surface area contributed by atoms with Crippen molar-refractivity contribution in [2.24, 2.45) is 0 Å². The van der Waals surface area contributed by atoms with Crippen molar-refractivity contribution < 1.29 is 4.79 Å². The summed E-state index contributed by atoms with van der Waals surface area (Å²) in [7, 11) is 0. The van der Waals surface area contributed by atoms with Crippen molar-refractivity contribution in [3.8, 4) is 0 Å². The van der Waals surface area contributed by atoms with Gasteiger partial charge in [0.25, 0.3) is 0 Å². The number of nitrogens with zero attached hydrogens (tertiary/aromatic N) is 6. The highest BCUT2D eigenvalue weighted by Crippen LogP contribution is 2.42. The zero-order valence-electron chi connectivity index (χ0n) is 14.0. The smallest absolute Gasteiger partial charge is 0.247 e. The maximum absolute atomic E-state index is 12.7. The molecule has 0 radical (unpaired) electrons. The van der Waals surface area contributed by atoms with Crippen molar-refractivity contribution in [3.63, 3.8) is 0 Å². The van der Waals surface area contributed by atoms with E-state index < -0.39 is 6.04 Å². The Kier molecular flexibility index (Phi) is 3.56. The van der Waals surface area contributed by atoms with Crippen LogP contribution in [-0.2, 0) is 4.79 Å². The maximum Gasteiger partial charge on any atom is 0.247 e. The van der Waals surface area contributed by atoms with Crippen LogP contribution in [0.15, 0.2) is 18.9 Å². The molecule has 1 fully saturated rings. The highest BCUT2D eigenvalue weighted by molar-refractivity contribution is 5.95. The number of fused-ring (bicyclic) bond motifs is 1. The van der Waals surface area contributed by atoms with Gasteiger partial charge in [-0.1, -0.05) is 0 Å². The van der Waals surface area contributed by atoms with E-state index >= 15 is 0 Å². The Hall–Kier alpha value is -3.10. The second kappa shape index (κ2) is 5.76. The van der Waals surface area contributed by atoms with Gasteiger partial charge >= 0.3 is 0 Å². The van der Waals surface area contributed by atoms with Gasteiger partial charge in [0.1, 0.15) is 23.7 Å². The lowest BCUT2D eigenvalue weighted by Crippen LogP contribution is -2.24. The predicted octanol–water partition coefficient (Wildman–Crippen LogP) is 1.58. The molecule has 1 unspecified atom stereocenters. The van der Waals surface area contributed by atoms with E-state index in [1.54, 1.807) is 24.0 Å². The number of carbonyl (C=O) groups is 1. The lowest BCUT2D eigenvalue weighted by molar-refractivity contribution is -0.118. The second-order valence-corrected chi connectivity index (χ2v) is 6.24. The van der Waals surface area contributed by atoms with Crippen LogP contribution in [0, 0.1) is 6.92 Å². The molecule has 3 N–H and O–H groups in total. The molecule has 0 aromatic carbocycles. The second-order valence-electron chi connectivity index (χ2n) is 6.24. The number of anilines is 2. The van der Waals surface area contributed by atoms with Crippen molar-refractivity contribution >= 4 is 28.6 Å². The summed E-state index contributed by atoms with van der Waals surface area (Å²) in [5.74, 6) is 1.22. The molecule has 3 aromatic rings. The van der Waals surface area contributed by atoms with Gasteiger partial charge in [0.15, 0.2) is 11.5 Å². The minimum absolute atomic E-state index is 0.189. The van der Waals surface area contributed by atoms with E-state index in [4.69, 9.17) is 5.73 Å². The number of nitrogens with two attached hydrogens (primary N) is 1. The van der Waals surface area contributed by atoms with Crippen molar-refractivity contribution in [3.05, 3.63) is 30.4 Å². The third-order valence-electron chi connectivity index (χ3n) is 4.34. The van der Waals surface area contributed by atoms with Gasteiger partial charge in [-0.05, 0) is 26.7 Å². The molecule has 3 aromatic heterocycles. The Labute approximate surface area is 143 Å². The van der Waals surface area contributed by atoms with Crippen LogP contribution in [0.3, 0.4) is 0 Å². The third-order valence-corrected chi connectivity index (χ3v) is 4.34. The van der Waals surface area contributed by atoms with Gasteiger partial charge in [-0.15, -0.1) is 0 Å². The van der Waals surface area contributed by atoms with E-state index in [-0.39, 0.29) is 5.91 Å². The molecule has 1 aliphatic rings. The number of imidazole rings is 1. The maximum atomic E-state index is 12.7. The summed E-state index contributed by atoms with van der Waals surface area (Å²) >= 11 is 0. The topological polar surface area (TPSA) is 124 Å². The largest absolute Gasteiger partial charge is 0.382 e. The molecule has 0 saturated heterocycles. The Balaban J connectivity index is 1.62. The predicted molar refractivity (Wildman–Crippen MR) is 91.8 cm³/mol. The molecular weight excluding hydrogens is 320 g/mol. The van der Waals surface area contributed by atoms with Crippen molar-refractivity contribution in [2.45, 2.75) is 38.6 Å². The molecule has 0 bridgehead atoms. The fourth-order valence-corrected chi connectivity index (χ4v) is 2.77. The molecule has 1 aliphatic carbocycles. The molecule has 9 nitrogen and oxygen atoms in total. The number of aryl methyl sites for hydroxylation is 1. The van der Waals surface area contributed by atoms with E-state index in [9.17, 15) is 4.79 Å². The number of carbonyl (C=O) groups excluding carboxylic acids is 1. The third kappa shape index (κ3) is 2.77. The molecular formula is C16H18N8O. The Morgan fingerprint density at radius 3 is 2.88 bits per heavy atom. The first-order chi connectivity index (χ1) is 12.0. The molecule has 3 heterocycles. The van der Waals surface area contributed by atoms with Crippen LogP contribution < -0.4 is 11.1 Å².